The molecular formula is C16H16N2O4S. The van der Waals surface area contributed by atoms with Crippen molar-refractivity contribution in [1.82, 2.24) is 9.88 Å². The molecule has 0 spiro atoms. The minimum absolute atomic E-state index is 0.189. The highest BCUT2D eigenvalue weighted by atomic mass is 32.1. The summed E-state index contributed by atoms with van der Waals surface area (Å²) in [6.45, 7) is 0.513. The average Bonchev–Trinajstić information content (AvgIpc) is 3.22. The molecule has 0 saturated carbocycles. The largest absolute Gasteiger partial charge is 0.497 e. The molecule has 0 bridgehead atoms. The summed E-state index contributed by atoms with van der Waals surface area (Å²) in [5.41, 5.74) is 0.846. The Bertz CT molecular complexity index is 743. The van der Waals surface area contributed by atoms with Gasteiger partial charge in [-0.3, -0.25) is 9.69 Å². The van der Waals surface area contributed by atoms with Gasteiger partial charge in [-0.2, -0.15) is 0 Å². The topological polar surface area (TPSA) is 79.7 Å². The highest BCUT2D eigenvalue weighted by Crippen LogP contribution is 2.34. The van der Waals surface area contributed by atoms with Crippen LogP contribution in [0.2, 0.25) is 0 Å². The van der Waals surface area contributed by atoms with Crippen LogP contribution in [0, 0.1) is 0 Å². The van der Waals surface area contributed by atoms with Crippen LogP contribution in [0.4, 0.5) is 4.79 Å². The van der Waals surface area contributed by atoms with E-state index in [0.717, 1.165) is 12.8 Å². The molecule has 7 heteroatoms. The lowest BCUT2D eigenvalue weighted by molar-refractivity contribution is 0.103. The normalized spacial score (nSPS) is 17.3. The highest BCUT2D eigenvalue weighted by molar-refractivity contribution is 7.10. The number of ether oxygens (including phenoxy) is 1. The number of benzene rings is 1. The van der Waals surface area contributed by atoms with E-state index in [9.17, 15) is 14.7 Å². The molecule has 1 N–H and O–H groups in total. The summed E-state index contributed by atoms with van der Waals surface area (Å²) in [6.07, 6.45) is 0.617. The molecule has 1 aromatic heterocycles. The second kappa shape index (κ2) is 6.37. The number of aromatic nitrogens is 1. The first-order chi connectivity index (χ1) is 11.1. The monoisotopic (exact) mass is 332 g/mol. The predicted molar refractivity (Wildman–Crippen MR) is 85.2 cm³/mol. The van der Waals surface area contributed by atoms with Gasteiger partial charge in [0.25, 0.3) is 0 Å². The number of thiazole rings is 1. The number of nitrogens with zero attached hydrogens (tertiary/aromatic N) is 2. The van der Waals surface area contributed by atoms with Crippen molar-refractivity contribution in [3.8, 4) is 5.75 Å². The molecule has 2 aromatic rings. The van der Waals surface area contributed by atoms with E-state index >= 15 is 0 Å². The molecule has 6 nitrogen and oxygen atoms in total. The summed E-state index contributed by atoms with van der Waals surface area (Å²) in [6, 6.07) is 6.66. The van der Waals surface area contributed by atoms with Crippen molar-refractivity contribution >= 4 is 23.2 Å². The molecule has 1 saturated heterocycles. The van der Waals surface area contributed by atoms with Gasteiger partial charge < -0.3 is 9.84 Å². The lowest BCUT2D eigenvalue weighted by Crippen LogP contribution is -2.28. The smallest absolute Gasteiger partial charge is 0.407 e. The first-order valence-electron chi connectivity index (χ1n) is 7.24. The average molecular weight is 332 g/mol. The SMILES string of the molecule is COc1cccc(C(=O)c2csc(C3CCCN3C(=O)O)n2)c1. The Hall–Kier alpha value is -2.41. The zero-order chi connectivity index (χ0) is 16.4. The Morgan fingerprint density at radius 3 is 3.00 bits per heavy atom. The van der Waals surface area contributed by atoms with Crippen molar-refractivity contribution in [2.24, 2.45) is 0 Å². The number of rotatable bonds is 4. The molecule has 1 aliphatic heterocycles. The summed E-state index contributed by atoms with van der Waals surface area (Å²) >= 11 is 1.33. The maximum atomic E-state index is 12.5. The standard InChI is InChI=1S/C16H16N2O4S/c1-22-11-5-2-4-10(8-11)14(19)12-9-23-15(17-12)13-6-3-7-18(13)16(20)21/h2,4-5,8-9,13H,3,6-7H2,1H3,(H,20,21). The van der Waals surface area contributed by atoms with Crippen molar-refractivity contribution in [3.63, 3.8) is 0 Å². The zero-order valence-electron chi connectivity index (χ0n) is 12.6. The summed E-state index contributed by atoms with van der Waals surface area (Å²) < 4.78 is 5.13. The Morgan fingerprint density at radius 1 is 1.43 bits per heavy atom. The van der Waals surface area contributed by atoms with Gasteiger partial charge in [-0.15, -0.1) is 11.3 Å². The lowest BCUT2D eigenvalue weighted by Gasteiger charge is -2.18. The molecule has 1 aromatic carbocycles. The lowest BCUT2D eigenvalue weighted by atomic mass is 10.1. The highest BCUT2D eigenvalue weighted by Gasteiger charge is 2.32. The quantitative estimate of drug-likeness (QED) is 0.870. The molecule has 1 aliphatic rings. The van der Waals surface area contributed by atoms with Crippen LogP contribution in [-0.2, 0) is 0 Å². The summed E-state index contributed by atoms with van der Waals surface area (Å²) in [5, 5.41) is 11.6. The zero-order valence-corrected chi connectivity index (χ0v) is 13.4. The summed E-state index contributed by atoms with van der Waals surface area (Å²) in [5.74, 6) is 0.422. The number of carbonyl (C=O) groups excluding carboxylic acids is 1. The van der Waals surface area contributed by atoms with Crippen LogP contribution in [-0.4, -0.2) is 40.5 Å². The molecule has 3 rings (SSSR count). The van der Waals surface area contributed by atoms with E-state index in [1.165, 1.54) is 16.2 Å². The third-order valence-electron chi connectivity index (χ3n) is 3.87. The van der Waals surface area contributed by atoms with Crippen molar-refractivity contribution in [2.45, 2.75) is 18.9 Å². The van der Waals surface area contributed by atoms with Crippen LogP contribution < -0.4 is 4.74 Å². The molecule has 1 atom stereocenters. The predicted octanol–water partition coefficient (Wildman–Crippen LogP) is 3.20. The van der Waals surface area contributed by atoms with E-state index in [1.807, 2.05) is 0 Å². The van der Waals surface area contributed by atoms with E-state index in [2.05, 4.69) is 4.98 Å². The van der Waals surface area contributed by atoms with Crippen LogP contribution in [0.15, 0.2) is 29.6 Å². The molecule has 0 radical (unpaired) electrons. The number of carboxylic acid groups (broad SMARTS) is 1. The maximum absolute atomic E-state index is 12.5. The number of hydrogen-bond acceptors (Lipinski definition) is 5. The number of hydrogen-bond donors (Lipinski definition) is 1. The number of ketones is 1. The van der Waals surface area contributed by atoms with Gasteiger partial charge in [-0.05, 0) is 25.0 Å². The fourth-order valence-electron chi connectivity index (χ4n) is 2.71. The molecule has 1 fully saturated rings. The van der Waals surface area contributed by atoms with Gasteiger partial charge in [0.1, 0.15) is 16.5 Å². The van der Waals surface area contributed by atoms with E-state index < -0.39 is 6.09 Å². The van der Waals surface area contributed by atoms with Crippen LogP contribution >= 0.6 is 11.3 Å². The van der Waals surface area contributed by atoms with Crippen LogP contribution in [0.3, 0.4) is 0 Å². The molecule has 1 unspecified atom stereocenters. The van der Waals surface area contributed by atoms with Crippen molar-refractivity contribution in [2.75, 3.05) is 13.7 Å². The Labute approximate surface area is 137 Å². The fraction of sp³-hybridized carbons (Fsp3) is 0.312. The van der Waals surface area contributed by atoms with Crippen LogP contribution in [0.1, 0.15) is 39.9 Å². The van der Waals surface area contributed by atoms with Crippen molar-refractivity contribution in [1.29, 1.82) is 0 Å². The molecule has 0 aliphatic carbocycles. The molecule has 2 heterocycles. The number of likely N-dealkylation sites (tertiary alicyclic amines) is 1. The van der Waals surface area contributed by atoms with Gasteiger partial charge in [-0.1, -0.05) is 12.1 Å². The Kier molecular flexibility index (Phi) is 4.29. The number of amides is 1. The van der Waals surface area contributed by atoms with Crippen molar-refractivity contribution < 1.29 is 19.4 Å². The van der Waals surface area contributed by atoms with E-state index in [4.69, 9.17) is 4.74 Å². The third kappa shape index (κ3) is 3.05. The molecular weight excluding hydrogens is 316 g/mol. The first kappa shape index (κ1) is 15.5. The second-order valence-electron chi connectivity index (χ2n) is 5.27. The maximum Gasteiger partial charge on any atom is 0.407 e. The molecule has 1 amide bonds. The van der Waals surface area contributed by atoms with E-state index in [-0.39, 0.29) is 11.8 Å². The van der Waals surface area contributed by atoms with Gasteiger partial charge in [0, 0.05) is 17.5 Å². The third-order valence-corrected chi connectivity index (χ3v) is 4.82. The molecule has 23 heavy (non-hydrogen) atoms. The van der Waals surface area contributed by atoms with Gasteiger partial charge in [0.15, 0.2) is 0 Å². The van der Waals surface area contributed by atoms with Gasteiger partial charge >= 0.3 is 6.09 Å². The van der Waals surface area contributed by atoms with Crippen molar-refractivity contribution in [3.05, 3.63) is 45.9 Å². The number of carbonyl (C=O) groups is 2. The summed E-state index contributed by atoms with van der Waals surface area (Å²) in [7, 11) is 1.55. The second-order valence-corrected chi connectivity index (χ2v) is 6.16. The fourth-order valence-corrected chi connectivity index (χ4v) is 3.65. The van der Waals surface area contributed by atoms with E-state index in [1.54, 1.807) is 36.8 Å². The van der Waals surface area contributed by atoms with Gasteiger partial charge in [0.2, 0.25) is 5.78 Å². The van der Waals surface area contributed by atoms with Gasteiger partial charge in [-0.25, -0.2) is 9.78 Å². The first-order valence-corrected chi connectivity index (χ1v) is 8.12. The van der Waals surface area contributed by atoms with Crippen LogP contribution in [0.5, 0.6) is 5.75 Å². The molecule has 120 valence electrons. The van der Waals surface area contributed by atoms with Gasteiger partial charge in [0.05, 0.1) is 13.2 Å². The minimum atomic E-state index is -0.941. The number of methoxy groups -OCH3 is 1. The minimum Gasteiger partial charge on any atom is -0.497 e. The Balaban J connectivity index is 1.84. The van der Waals surface area contributed by atoms with Crippen LogP contribution in [0.25, 0.3) is 0 Å². The summed E-state index contributed by atoms with van der Waals surface area (Å²) in [4.78, 5) is 29.5. The Morgan fingerprint density at radius 2 is 2.26 bits per heavy atom. The van der Waals surface area contributed by atoms with E-state index in [0.29, 0.717) is 28.6 Å².